The van der Waals surface area contributed by atoms with Crippen molar-refractivity contribution in [3.8, 4) is 0 Å². The highest BCUT2D eigenvalue weighted by atomic mass is 16.6. The predicted octanol–water partition coefficient (Wildman–Crippen LogP) is -1.51. The first-order valence-electron chi connectivity index (χ1n) is 4.96. The summed E-state index contributed by atoms with van der Waals surface area (Å²) in [5.41, 5.74) is 5.47. The minimum absolute atomic E-state index is 0.173. The summed E-state index contributed by atoms with van der Waals surface area (Å²) >= 11 is 0. The lowest BCUT2D eigenvalue weighted by atomic mass is 10.2. The van der Waals surface area contributed by atoms with Crippen LogP contribution in [0.25, 0.3) is 0 Å². The molecule has 1 fully saturated rings. The Hall–Kier alpha value is -0.690. The van der Waals surface area contributed by atoms with Crippen LogP contribution in [0.5, 0.6) is 0 Å². The fraction of sp³-hybridized carbons (Fsp3) is 0.889. The van der Waals surface area contributed by atoms with Crippen molar-refractivity contribution in [2.24, 2.45) is 5.73 Å². The van der Waals surface area contributed by atoms with Gasteiger partial charge in [0.1, 0.15) is 0 Å². The summed E-state index contributed by atoms with van der Waals surface area (Å²) in [6.45, 7) is 2.04. The normalized spacial score (nSPS) is 23.5. The van der Waals surface area contributed by atoms with E-state index in [1.807, 2.05) is 0 Å². The molecule has 88 valence electrons. The van der Waals surface area contributed by atoms with E-state index in [1.165, 1.54) is 0 Å². The van der Waals surface area contributed by atoms with Crippen LogP contribution in [0.1, 0.15) is 0 Å². The van der Waals surface area contributed by atoms with Crippen LogP contribution < -0.4 is 11.1 Å². The number of ether oxygens (including phenoxy) is 3. The first kappa shape index (κ1) is 12.4. The number of hydrogen-bond acceptors (Lipinski definition) is 5. The van der Waals surface area contributed by atoms with Gasteiger partial charge in [0.05, 0.1) is 32.5 Å². The van der Waals surface area contributed by atoms with E-state index in [-0.39, 0.29) is 11.9 Å². The first-order valence-corrected chi connectivity index (χ1v) is 4.96. The molecule has 1 amide bonds. The van der Waals surface area contributed by atoms with Crippen molar-refractivity contribution in [2.45, 2.75) is 12.1 Å². The van der Waals surface area contributed by atoms with E-state index in [0.29, 0.717) is 33.0 Å². The number of hydrogen-bond donors (Lipinski definition) is 2. The van der Waals surface area contributed by atoms with Crippen molar-refractivity contribution in [3.63, 3.8) is 0 Å². The molecule has 1 heterocycles. The standard InChI is InChI=1S/C9H18N2O4/c1-13-5-7(4-10)11-9(12)8-6-14-2-3-15-8/h7-8H,2-6,10H2,1H3,(H,11,12). The van der Waals surface area contributed by atoms with Gasteiger partial charge in [0.2, 0.25) is 0 Å². The van der Waals surface area contributed by atoms with Gasteiger partial charge in [-0.15, -0.1) is 0 Å². The molecular formula is C9H18N2O4. The topological polar surface area (TPSA) is 82.8 Å². The third-order valence-electron chi connectivity index (χ3n) is 2.11. The molecule has 0 aromatic rings. The van der Waals surface area contributed by atoms with Crippen LogP contribution in [-0.4, -0.2) is 58.1 Å². The van der Waals surface area contributed by atoms with E-state index >= 15 is 0 Å². The molecule has 0 aromatic heterocycles. The van der Waals surface area contributed by atoms with Crippen molar-refractivity contribution in [2.75, 3.05) is 40.1 Å². The summed E-state index contributed by atoms with van der Waals surface area (Å²) in [4.78, 5) is 11.6. The third kappa shape index (κ3) is 4.13. The molecule has 0 spiro atoms. The van der Waals surface area contributed by atoms with Gasteiger partial charge in [-0.2, -0.15) is 0 Å². The lowest BCUT2D eigenvalue weighted by Gasteiger charge is -2.24. The van der Waals surface area contributed by atoms with Gasteiger partial charge in [0, 0.05) is 13.7 Å². The zero-order valence-electron chi connectivity index (χ0n) is 8.90. The van der Waals surface area contributed by atoms with Gasteiger partial charge in [-0.1, -0.05) is 0 Å². The van der Waals surface area contributed by atoms with E-state index in [2.05, 4.69) is 5.32 Å². The van der Waals surface area contributed by atoms with Crippen LogP contribution in [0.2, 0.25) is 0 Å². The lowest BCUT2D eigenvalue weighted by molar-refractivity contribution is -0.148. The molecule has 1 saturated heterocycles. The Morgan fingerprint density at radius 2 is 2.47 bits per heavy atom. The van der Waals surface area contributed by atoms with Crippen LogP contribution in [0, 0.1) is 0 Å². The highest BCUT2D eigenvalue weighted by Crippen LogP contribution is 2.01. The molecule has 1 rings (SSSR count). The van der Waals surface area contributed by atoms with E-state index < -0.39 is 6.10 Å². The lowest BCUT2D eigenvalue weighted by Crippen LogP contribution is -2.50. The Bertz CT molecular complexity index is 195. The fourth-order valence-corrected chi connectivity index (χ4v) is 1.30. The number of carbonyl (C=O) groups is 1. The zero-order chi connectivity index (χ0) is 11.1. The number of rotatable bonds is 5. The van der Waals surface area contributed by atoms with Crippen LogP contribution in [-0.2, 0) is 19.0 Å². The van der Waals surface area contributed by atoms with Gasteiger partial charge >= 0.3 is 0 Å². The minimum atomic E-state index is -0.523. The van der Waals surface area contributed by atoms with E-state index in [9.17, 15) is 4.79 Å². The molecule has 2 atom stereocenters. The third-order valence-corrected chi connectivity index (χ3v) is 2.11. The number of nitrogens with one attached hydrogen (secondary N) is 1. The molecule has 0 saturated carbocycles. The largest absolute Gasteiger partial charge is 0.383 e. The molecule has 3 N–H and O–H groups in total. The van der Waals surface area contributed by atoms with E-state index in [1.54, 1.807) is 7.11 Å². The van der Waals surface area contributed by atoms with Crippen molar-refractivity contribution >= 4 is 5.91 Å². The summed E-state index contributed by atoms with van der Waals surface area (Å²) in [6.07, 6.45) is -0.523. The second-order valence-electron chi connectivity index (χ2n) is 3.33. The fourth-order valence-electron chi connectivity index (χ4n) is 1.30. The first-order chi connectivity index (χ1) is 7.27. The maximum atomic E-state index is 11.6. The average molecular weight is 218 g/mol. The molecular weight excluding hydrogens is 200 g/mol. The highest BCUT2D eigenvalue weighted by Gasteiger charge is 2.24. The van der Waals surface area contributed by atoms with Gasteiger partial charge in [-0.05, 0) is 0 Å². The smallest absolute Gasteiger partial charge is 0.251 e. The Balaban J connectivity index is 2.31. The average Bonchev–Trinajstić information content (AvgIpc) is 2.29. The monoisotopic (exact) mass is 218 g/mol. The highest BCUT2D eigenvalue weighted by molar-refractivity contribution is 5.81. The molecule has 0 radical (unpaired) electrons. The molecule has 0 aromatic carbocycles. The molecule has 0 bridgehead atoms. The molecule has 1 aliphatic rings. The quantitative estimate of drug-likeness (QED) is 0.586. The Morgan fingerprint density at radius 3 is 3.00 bits per heavy atom. The second-order valence-corrected chi connectivity index (χ2v) is 3.33. The molecule has 6 nitrogen and oxygen atoms in total. The summed E-state index contributed by atoms with van der Waals surface area (Å²) in [6, 6.07) is -0.173. The van der Waals surface area contributed by atoms with Crippen molar-refractivity contribution in [1.29, 1.82) is 0 Å². The maximum Gasteiger partial charge on any atom is 0.251 e. The van der Waals surface area contributed by atoms with E-state index in [0.717, 1.165) is 0 Å². The summed E-state index contributed by atoms with van der Waals surface area (Å²) in [5, 5.41) is 2.74. The molecule has 2 unspecified atom stereocenters. The maximum absolute atomic E-state index is 11.6. The molecule has 1 aliphatic heterocycles. The van der Waals surface area contributed by atoms with E-state index in [4.69, 9.17) is 19.9 Å². The second kappa shape index (κ2) is 6.73. The van der Waals surface area contributed by atoms with Crippen molar-refractivity contribution in [3.05, 3.63) is 0 Å². The Labute approximate surface area is 89.0 Å². The van der Waals surface area contributed by atoms with Gasteiger partial charge in [0.15, 0.2) is 6.10 Å². The Kier molecular flexibility index (Phi) is 5.56. The van der Waals surface area contributed by atoms with Gasteiger partial charge in [-0.3, -0.25) is 4.79 Å². The summed E-state index contributed by atoms with van der Waals surface area (Å²) in [5.74, 6) is -0.192. The van der Waals surface area contributed by atoms with Crippen molar-refractivity contribution < 1.29 is 19.0 Å². The van der Waals surface area contributed by atoms with Gasteiger partial charge in [0.25, 0.3) is 5.91 Å². The zero-order valence-corrected chi connectivity index (χ0v) is 8.90. The number of nitrogens with two attached hydrogens (primary N) is 1. The van der Waals surface area contributed by atoms with Crippen molar-refractivity contribution in [1.82, 2.24) is 5.32 Å². The van der Waals surface area contributed by atoms with Crippen LogP contribution >= 0.6 is 0 Å². The molecule has 15 heavy (non-hydrogen) atoms. The summed E-state index contributed by atoms with van der Waals surface area (Å²) in [7, 11) is 1.56. The summed E-state index contributed by atoms with van der Waals surface area (Å²) < 4.78 is 15.3. The predicted molar refractivity (Wildman–Crippen MR) is 53.4 cm³/mol. The SMILES string of the molecule is COCC(CN)NC(=O)C1COCCO1. The van der Waals surface area contributed by atoms with Crippen LogP contribution in [0.15, 0.2) is 0 Å². The number of carbonyl (C=O) groups excluding carboxylic acids is 1. The van der Waals surface area contributed by atoms with Crippen LogP contribution in [0.4, 0.5) is 0 Å². The number of methoxy groups -OCH3 is 1. The molecule has 6 heteroatoms. The Morgan fingerprint density at radius 1 is 1.67 bits per heavy atom. The molecule has 0 aliphatic carbocycles. The van der Waals surface area contributed by atoms with Gasteiger partial charge in [-0.25, -0.2) is 0 Å². The van der Waals surface area contributed by atoms with Crippen LogP contribution in [0.3, 0.4) is 0 Å². The number of amides is 1. The van der Waals surface area contributed by atoms with Gasteiger partial charge < -0.3 is 25.3 Å². The minimum Gasteiger partial charge on any atom is -0.383 e.